The summed E-state index contributed by atoms with van der Waals surface area (Å²) in [6.45, 7) is 5.92. The molecule has 0 unspecified atom stereocenters. The Bertz CT molecular complexity index is 93.7. The Kier molecular flexibility index (Phi) is 9.84. The topological polar surface area (TPSA) is 44.1 Å². The van der Waals surface area contributed by atoms with E-state index in [4.69, 9.17) is 5.73 Å². The van der Waals surface area contributed by atoms with Crippen LogP contribution in [-0.2, 0) is 4.79 Å². The minimum atomic E-state index is -0.501. The van der Waals surface area contributed by atoms with Crippen LogP contribution in [0, 0.1) is 0 Å². The Balaban J connectivity index is 0. The van der Waals surface area contributed by atoms with Crippen LogP contribution in [0.25, 0.3) is 5.73 Å². The minimum Gasteiger partial charge on any atom is -0.667 e. The SMILES string of the molecule is CCN(CC)CC([NH-])=O.[Na+]. The normalized spacial score (nSPS) is 9.10. The maximum Gasteiger partial charge on any atom is 1.00 e. The number of carbonyl (C=O) groups is 1. The second-order valence-corrected chi connectivity index (χ2v) is 1.88. The van der Waals surface area contributed by atoms with Gasteiger partial charge in [0.25, 0.3) is 0 Å². The van der Waals surface area contributed by atoms with Crippen LogP contribution in [0.2, 0.25) is 0 Å². The molecule has 0 bridgehead atoms. The Morgan fingerprint density at radius 2 is 1.80 bits per heavy atom. The number of hydrogen-bond acceptors (Lipinski definition) is 2. The van der Waals surface area contributed by atoms with Crippen LogP contribution in [0.5, 0.6) is 0 Å². The third-order valence-corrected chi connectivity index (χ3v) is 1.26. The number of hydrogen-bond donors (Lipinski definition) is 0. The zero-order valence-corrected chi connectivity index (χ0v) is 8.98. The molecule has 0 aliphatic heterocycles. The summed E-state index contributed by atoms with van der Waals surface area (Å²) in [5.74, 6) is -0.501. The number of rotatable bonds is 4. The van der Waals surface area contributed by atoms with Gasteiger partial charge in [-0.3, -0.25) is 4.90 Å². The summed E-state index contributed by atoms with van der Waals surface area (Å²) in [5, 5.41) is 0. The zero-order chi connectivity index (χ0) is 7.28. The molecule has 0 saturated carbocycles. The quantitative estimate of drug-likeness (QED) is 0.434. The molecule has 0 aromatic rings. The van der Waals surface area contributed by atoms with Crippen LogP contribution in [0.3, 0.4) is 0 Å². The van der Waals surface area contributed by atoms with E-state index in [9.17, 15) is 4.79 Å². The van der Waals surface area contributed by atoms with E-state index in [1.165, 1.54) is 0 Å². The van der Waals surface area contributed by atoms with Crippen LogP contribution in [0.15, 0.2) is 0 Å². The molecule has 0 atom stereocenters. The monoisotopic (exact) mass is 152 g/mol. The van der Waals surface area contributed by atoms with Crippen LogP contribution in [0.1, 0.15) is 13.8 Å². The number of nitrogens with zero attached hydrogens (tertiary/aromatic N) is 1. The smallest absolute Gasteiger partial charge is 0.667 e. The average molecular weight is 152 g/mol. The Hall–Kier alpha value is 0.430. The largest absolute Gasteiger partial charge is 1.00 e. The summed E-state index contributed by atoms with van der Waals surface area (Å²) in [6, 6.07) is 0. The van der Waals surface area contributed by atoms with Crippen molar-refractivity contribution >= 4 is 5.91 Å². The first-order valence-corrected chi connectivity index (χ1v) is 3.17. The van der Waals surface area contributed by atoms with Gasteiger partial charge in [0.05, 0.1) is 5.91 Å². The number of likely N-dealkylation sites (N-methyl/N-ethyl adjacent to an activating group) is 1. The summed E-state index contributed by atoms with van der Waals surface area (Å²) in [4.78, 5) is 12.1. The molecule has 0 fully saturated rings. The minimum absolute atomic E-state index is 0. The van der Waals surface area contributed by atoms with Crippen molar-refractivity contribution in [3.05, 3.63) is 5.73 Å². The fraction of sp³-hybridized carbons (Fsp3) is 0.833. The maximum absolute atomic E-state index is 10.2. The number of nitrogens with one attached hydrogen (secondary N) is 1. The fourth-order valence-electron chi connectivity index (χ4n) is 0.650. The summed E-state index contributed by atoms with van der Waals surface area (Å²) in [7, 11) is 0. The van der Waals surface area contributed by atoms with Crippen LogP contribution in [-0.4, -0.2) is 30.4 Å². The molecule has 3 nitrogen and oxygen atoms in total. The van der Waals surface area contributed by atoms with Crippen molar-refractivity contribution in [3.8, 4) is 0 Å². The van der Waals surface area contributed by atoms with E-state index < -0.39 is 5.91 Å². The Morgan fingerprint density at radius 3 is 1.90 bits per heavy atom. The van der Waals surface area contributed by atoms with Crippen molar-refractivity contribution in [3.63, 3.8) is 0 Å². The van der Waals surface area contributed by atoms with E-state index in [1.807, 2.05) is 18.7 Å². The second-order valence-electron chi connectivity index (χ2n) is 1.88. The van der Waals surface area contributed by atoms with Gasteiger partial charge in [0.2, 0.25) is 0 Å². The molecule has 0 spiro atoms. The van der Waals surface area contributed by atoms with Gasteiger partial charge in [-0.25, -0.2) is 0 Å². The van der Waals surface area contributed by atoms with Crippen molar-refractivity contribution < 1.29 is 34.4 Å². The van der Waals surface area contributed by atoms with Crippen LogP contribution in [0.4, 0.5) is 0 Å². The molecule has 4 heteroatoms. The van der Waals surface area contributed by atoms with Gasteiger partial charge in [-0.15, -0.1) is 0 Å². The molecule has 0 aliphatic rings. The first-order valence-electron chi connectivity index (χ1n) is 3.17. The van der Waals surface area contributed by atoms with Gasteiger partial charge in [-0.05, 0) is 13.1 Å². The molecule has 0 aromatic carbocycles. The standard InChI is InChI=1S/C6H14N2O.Na/c1-3-8(4-2)5-6(7)9;/h3-5H2,1-2H3,(H2,7,9);/q;+1/p-1. The van der Waals surface area contributed by atoms with Crippen LogP contribution >= 0.6 is 0 Å². The van der Waals surface area contributed by atoms with Gasteiger partial charge in [-0.1, -0.05) is 13.8 Å². The fourth-order valence-corrected chi connectivity index (χ4v) is 0.650. The molecule has 0 radical (unpaired) electrons. The van der Waals surface area contributed by atoms with Gasteiger partial charge in [0, 0.05) is 6.54 Å². The van der Waals surface area contributed by atoms with Gasteiger partial charge >= 0.3 is 29.6 Å². The Morgan fingerprint density at radius 1 is 1.40 bits per heavy atom. The van der Waals surface area contributed by atoms with Gasteiger partial charge < -0.3 is 10.5 Å². The van der Waals surface area contributed by atoms with Crippen molar-refractivity contribution in [2.75, 3.05) is 19.6 Å². The summed E-state index contributed by atoms with van der Waals surface area (Å²) in [5.41, 5.74) is 6.63. The average Bonchev–Trinajstić information content (AvgIpc) is 1.82. The molecule has 0 rings (SSSR count). The van der Waals surface area contributed by atoms with Gasteiger partial charge in [-0.2, -0.15) is 0 Å². The van der Waals surface area contributed by atoms with E-state index in [2.05, 4.69) is 0 Å². The van der Waals surface area contributed by atoms with Crippen LogP contribution < -0.4 is 29.6 Å². The summed E-state index contributed by atoms with van der Waals surface area (Å²) in [6.07, 6.45) is 0. The van der Waals surface area contributed by atoms with Crippen molar-refractivity contribution in [2.45, 2.75) is 13.8 Å². The van der Waals surface area contributed by atoms with Crippen molar-refractivity contribution in [1.82, 2.24) is 4.90 Å². The van der Waals surface area contributed by atoms with E-state index in [0.717, 1.165) is 13.1 Å². The first kappa shape index (κ1) is 13.1. The molecular formula is C6H13N2NaO. The molecular weight excluding hydrogens is 139 g/mol. The van der Waals surface area contributed by atoms with E-state index >= 15 is 0 Å². The summed E-state index contributed by atoms with van der Waals surface area (Å²) >= 11 is 0. The summed E-state index contributed by atoms with van der Waals surface area (Å²) < 4.78 is 0. The molecule has 1 amide bonds. The predicted octanol–water partition coefficient (Wildman–Crippen LogP) is -2.09. The predicted molar refractivity (Wildman–Crippen MR) is 37.1 cm³/mol. The van der Waals surface area contributed by atoms with Crippen molar-refractivity contribution in [2.24, 2.45) is 0 Å². The van der Waals surface area contributed by atoms with Crippen molar-refractivity contribution in [1.29, 1.82) is 0 Å². The van der Waals surface area contributed by atoms with E-state index in [0.29, 0.717) is 0 Å². The van der Waals surface area contributed by atoms with Gasteiger partial charge in [0.1, 0.15) is 0 Å². The Labute approximate surface area is 84.2 Å². The second kappa shape index (κ2) is 7.54. The zero-order valence-electron chi connectivity index (χ0n) is 6.98. The first-order chi connectivity index (χ1) is 4.20. The molecule has 0 aliphatic carbocycles. The molecule has 0 heterocycles. The van der Waals surface area contributed by atoms with E-state index in [-0.39, 0.29) is 36.1 Å². The number of amides is 1. The maximum atomic E-state index is 10.2. The molecule has 0 saturated heterocycles. The molecule has 0 aromatic heterocycles. The van der Waals surface area contributed by atoms with Gasteiger partial charge in [0.15, 0.2) is 0 Å². The van der Waals surface area contributed by atoms with E-state index in [1.54, 1.807) is 0 Å². The third-order valence-electron chi connectivity index (χ3n) is 1.26. The molecule has 54 valence electrons. The number of carbonyl (C=O) groups excluding carboxylic acids is 1. The molecule has 10 heavy (non-hydrogen) atoms. The third kappa shape index (κ3) is 6.55. The molecule has 1 N–H and O–H groups in total.